The molecule has 2 amide bonds. The molecule has 0 fully saturated rings. The van der Waals surface area contributed by atoms with E-state index in [1.54, 1.807) is 6.92 Å². The molecule has 5 nitrogen and oxygen atoms in total. The van der Waals surface area contributed by atoms with Gasteiger partial charge in [0.1, 0.15) is 5.54 Å². The van der Waals surface area contributed by atoms with Crippen molar-refractivity contribution in [3.05, 3.63) is 35.9 Å². The molecule has 0 bridgehead atoms. The van der Waals surface area contributed by atoms with Crippen LogP contribution in [0.25, 0.3) is 0 Å². The molecule has 98 valence electrons. The Morgan fingerprint density at radius 2 is 1.72 bits per heavy atom. The zero-order valence-electron chi connectivity index (χ0n) is 10.7. The Hall–Kier alpha value is -1.88. The maximum Gasteiger partial charge on any atom is 0.244 e. The minimum Gasteiger partial charge on any atom is -0.355 e. The first kappa shape index (κ1) is 14.2. The largest absolute Gasteiger partial charge is 0.355 e. The normalized spacial score (nSPS) is 13.5. The molecule has 1 unspecified atom stereocenters. The summed E-state index contributed by atoms with van der Waals surface area (Å²) < 4.78 is 0. The maximum atomic E-state index is 12.0. The number of hydrogen-bond donors (Lipinski definition) is 3. The van der Waals surface area contributed by atoms with E-state index in [1.807, 2.05) is 30.3 Å². The second-order valence-corrected chi connectivity index (χ2v) is 4.31. The molecule has 0 radical (unpaired) electrons. The summed E-state index contributed by atoms with van der Waals surface area (Å²) in [4.78, 5) is 22.6. The van der Waals surface area contributed by atoms with Crippen LogP contribution in [0.15, 0.2) is 30.3 Å². The van der Waals surface area contributed by atoms with Crippen molar-refractivity contribution >= 4 is 11.8 Å². The van der Waals surface area contributed by atoms with Gasteiger partial charge >= 0.3 is 0 Å². The van der Waals surface area contributed by atoms with Gasteiger partial charge in [0, 0.05) is 20.0 Å². The van der Waals surface area contributed by atoms with Crippen LogP contribution < -0.4 is 16.4 Å². The summed E-state index contributed by atoms with van der Waals surface area (Å²) in [6.45, 7) is 3.85. The van der Waals surface area contributed by atoms with E-state index >= 15 is 0 Å². The summed E-state index contributed by atoms with van der Waals surface area (Å²) in [6, 6.07) is 9.17. The summed E-state index contributed by atoms with van der Waals surface area (Å²) in [6.07, 6.45) is 0. The van der Waals surface area contributed by atoms with Gasteiger partial charge in [-0.1, -0.05) is 30.3 Å². The van der Waals surface area contributed by atoms with Gasteiger partial charge in [0.2, 0.25) is 11.8 Å². The molecule has 0 aliphatic carbocycles. The zero-order valence-corrected chi connectivity index (χ0v) is 10.7. The van der Waals surface area contributed by atoms with E-state index < -0.39 is 5.54 Å². The number of benzene rings is 1. The highest BCUT2D eigenvalue weighted by molar-refractivity contribution is 5.87. The molecule has 0 saturated carbocycles. The molecule has 1 atom stereocenters. The Morgan fingerprint density at radius 3 is 2.28 bits per heavy atom. The van der Waals surface area contributed by atoms with Crippen LogP contribution in [0.5, 0.6) is 0 Å². The first-order valence-electron chi connectivity index (χ1n) is 5.81. The van der Waals surface area contributed by atoms with Crippen LogP contribution in [0.2, 0.25) is 0 Å². The highest BCUT2D eigenvalue weighted by Gasteiger charge is 2.29. The number of rotatable bonds is 5. The fourth-order valence-electron chi connectivity index (χ4n) is 1.51. The van der Waals surface area contributed by atoms with Crippen LogP contribution in [0.3, 0.4) is 0 Å². The van der Waals surface area contributed by atoms with Gasteiger partial charge < -0.3 is 16.4 Å². The predicted molar refractivity (Wildman–Crippen MR) is 69.7 cm³/mol. The number of nitrogens with one attached hydrogen (secondary N) is 2. The average Bonchev–Trinajstić information content (AvgIpc) is 2.35. The van der Waals surface area contributed by atoms with E-state index in [0.29, 0.717) is 13.1 Å². The van der Waals surface area contributed by atoms with Crippen LogP contribution in [-0.4, -0.2) is 24.9 Å². The third-order valence-corrected chi connectivity index (χ3v) is 2.63. The summed E-state index contributed by atoms with van der Waals surface area (Å²) in [7, 11) is 0. The molecule has 4 N–H and O–H groups in total. The van der Waals surface area contributed by atoms with E-state index in [0.717, 1.165) is 5.56 Å². The van der Waals surface area contributed by atoms with Gasteiger partial charge in [0.25, 0.3) is 0 Å². The Morgan fingerprint density at radius 1 is 1.17 bits per heavy atom. The van der Waals surface area contributed by atoms with Gasteiger partial charge in [0.05, 0.1) is 0 Å². The quantitative estimate of drug-likeness (QED) is 0.648. The second kappa shape index (κ2) is 6.16. The standard InChI is InChI=1S/C13H19N3O2/c1-10(17)15-8-9-16-12(18)13(2,14)11-6-4-3-5-7-11/h3-7H,8-9,14H2,1-2H3,(H,15,17)(H,16,18). The molecule has 5 heteroatoms. The monoisotopic (exact) mass is 249 g/mol. The zero-order chi connectivity index (χ0) is 13.6. The smallest absolute Gasteiger partial charge is 0.244 e. The molecule has 0 spiro atoms. The highest BCUT2D eigenvalue weighted by Crippen LogP contribution is 2.16. The van der Waals surface area contributed by atoms with Crippen LogP contribution in [-0.2, 0) is 15.1 Å². The van der Waals surface area contributed by atoms with Crippen molar-refractivity contribution in [3.8, 4) is 0 Å². The Balaban J connectivity index is 2.52. The summed E-state index contributed by atoms with van der Waals surface area (Å²) in [5.41, 5.74) is 5.70. The van der Waals surface area contributed by atoms with Crippen LogP contribution in [0, 0.1) is 0 Å². The topological polar surface area (TPSA) is 84.2 Å². The molecular weight excluding hydrogens is 230 g/mol. The lowest BCUT2D eigenvalue weighted by Crippen LogP contribution is -2.50. The Labute approximate surface area is 107 Å². The van der Waals surface area contributed by atoms with Gasteiger partial charge in [-0.25, -0.2) is 0 Å². The number of amides is 2. The SMILES string of the molecule is CC(=O)NCCNC(=O)C(C)(N)c1ccccc1. The fraction of sp³-hybridized carbons (Fsp3) is 0.385. The van der Waals surface area contributed by atoms with Gasteiger partial charge in [-0.2, -0.15) is 0 Å². The molecular formula is C13H19N3O2. The van der Waals surface area contributed by atoms with Crippen molar-refractivity contribution in [2.24, 2.45) is 5.73 Å². The average molecular weight is 249 g/mol. The Bertz CT molecular complexity index is 416. The lowest BCUT2D eigenvalue weighted by molar-refractivity contribution is -0.126. The van der Waals surface area contributed by atoms with Crippen molar-refractivity contribution in [2.75, 3.05) is 13.1 Å². The number of nitrogens with two attached hydrogens (primary N) is 1. The number of carbonyl (C=O) groups is 2. The van der Waals surface area contributed by atoms with Gasteiger partial charge in [-0.05, 0) is 12.5 Å². The summed E-state index contributed by atoms with van der Waals surface area (Å²) in [5.74, 6) is -0.387. The first-order valence-corrected chi connectivity index (χ1v) is 5.81. The minimum absolute atomic E-state index is 0.122. The van der Waals surface area contributed by atoms with Crippen molar-refractivity contribution in [2.45, 2.75) is 19.4 Å². The van der Waals surface area contributed by atoms with Crippen LogP contribution >= 0.6 is 0 Å². The molecule has 0 heterocycles. The third-order valence-electron chi connectivity index (χ3n) is 2.63. The summed E-state index contributed by atoms with van der Waals surface area (Å²) in [5, 5.41) is 5.30. The predicted octanol–water partition coefficient (Wildman–Crippen LogP) is 0.113. The van der Waals surface area contributed by atoms with Crippen LogP contribution in [0.1, 0.15) is 19.4 Å². The van der Waals surface area contributed by atoms with E-state index in [2.05, 4.69) is 10.6 Å². The van der Waals surface area contributed by atoms with Crippen LogP contribution in [0.4, 0.5) is 0 Å². The van der Waals surface area contributed by atoms with Crippen molar-refractivity contribution in [1.29, 1.82) is 0 Å². The lowest BCUT2D eigenvalue weighted by Gasteiger charge is -2.24. The fourth-order valence-corrected chi connectivity index (χ4v) is 1.51. The van der Waals surface area contributed by atoms with E-state index in [4.69, 9.17) is 5.73 Å². The molecule has 1 aromatic rings. The van der Waals surface area contributed by atoms with Gasteiger partial charge in [0.15, 0.2) is 0 Å². The molecule has 0 aliphatic rings. The van der Waals surface area contributed by atoms with E-state index in [1.165, 1.54) is 6.92 Å². The van der Waals surface area contributed by atoms with Gasteiger partial charge in [-0.3, -0.25) is 9.59 Å². The molecule has 0 aliphatic heterocycles. The molecule has 1 aromatic carbocycles. The maximum absolute atomic E-state index is 12.0. The van der Waals surface area contributed by atoms with Crippen molar-refractivity contribution < 1.29 is 9.59 Å². The molecule has 0 aromatic heterocycles. The lowest BCUT2D eigenvalue weighted by atomic mass is 9.92. The third kappa shape index (κ3) is 3.85. The number of hydrogen-bond acceptors (Lipinski definition) is 3. The minimum atomic E-state index is -1.07. The Kier molecular flexibility index (Phi) is 4.85. The molecule has 0 saturated heterocycles. The van der Waals surface area contributed by atoms with Gasteiger partial charge in [-0.15, -0.1) is 0 Å². The van der Waals surface area contributed by atoms with Crippen molar-refractivity contribution in [1.82, 2.24) is 10.6 Å². The molecule has 18 heavy (non-hydrogen) atoms. The number of carbonyl (C=O) groups excluding carboxylic acids is 2. The summed E-state index contributed by atoms with van der Waals surface area (Å²) >= 11 is 0. The van der Waals surface area contributed by atoms with E-state index in [-0.39, 0.29) is 11.8 Å². The highest BCUT2D eigenvalue weighted by atomic mass is 16.2. The first-order chi connectivity index (χ1) is 8.44. The van der Waals surface area contributed by atoms with E-state index in [9.17, 15) is 9.59 Å². The second-order valence-electron chi connectivity index (χ2n) is 4.31. The van der Waals surface area contributed by atoms with Crippen molar-refractivity contribution in [3.63, 3.8) is 0 Å². The molecule has 1 rings (SSSR count).